The van der Waals surface area contributed by atoms with Crippen LogP contribution in [-0.4, -0.2) is 26.1 Å². The molecular formula is C24H19N9O. The molecule has 2 aromatic carbocycles. The van der Waals surface area contributed by atoms with Gasteiger partial charge in [-0.1, -0.05) is 24.3 Å². The third-order valence-corrected chi connectivity index (χ3v) is 5.93. The molecule has 0 saturated carbocycles. The summed E-state index contributed by atoms with van der Waals surface area (Å²) >= 11 is 0. The summed E-state index contributed by atoms with van der Waals surface area (Å²) in [5, 5.41) is 19.7. The van der Waals surface area contributed by atoms with Gasteiger partial charge in [-0.15, -0.1) is 0 Å². The van der Waals surface area contributed by atoms with E-state index < -0.39 is 6.04 Å². The molecule has 1 fully saturated rings. The Balaban J connectivity index is 1.81. The zero-order chi connectivity index (χ0) is 23.8. The van der Waals surface area contributed by atoms with Crippen LogP contribution in [0.25, 0.3) is 16.6 Å². The molecule has 0 amide bonds. The average molecular weight is 449 g/mol. The molecule has 2 aromatic heterocycles. The summed E-state index contributed by atoms with van der Waals surface area (Å²) < 4.78 is 1.56. The van der Waals surface area contributed by atoms with Crippen molar-refractivity contribution in [3.05, 3.63) is 75.8 Å². The Kier molecular flexibility index (Phi) is 5.04. The summed E-state index contributed by atoms with van der Waals surface area (Å²) in [6.45, 7) is 0.553. The second-order valence-electron chi connectivity index (χ2n) is 7.89. The monoisotopic (exact) mass is 449 g/mol. The zero-order valence-electron chi connectivity index (χ0n) is 18.0. The molecule has 4 aromatic rings. The molecule has 0 spiro atoms. The molecule has 4 N–H and O–H groups in total. The summed E-state index contributed by atoms with van der Waals surface area (Å²) in [5.74, 6) is 0.700. The van der Waals surface area contributed by atoms with Crippen LogP contribution in [0.3, 0.4) is 0 Å². The summed E-state index contributed by atoms with van der Waals surface area (Å²) in [6.07, 6.45) is 1.41. The van der Waals surface area contributed by atoms with Crippen LogP contribution in [0, 0.1) is 22.7 Å². The minimum absolute atomic E-state index is 0.00524. The van der Waals surface area contributed by atoms with Gasteiger partial charge in [-0.3, -0.25) is 9.36 Å². The first-order valence-corrected chi connectivity index (χ1v) is 10.6. The maximum Gasteiger partial charge on any atom is 0.266 e. The molecule has 0 radical (unpaired) electrons. The van der Waals surface area contributed by atoms with Crippen molar-refractivity contribution >= 4 is 28.5 Å². The maximum atomic E-state index is 13.7. The quantitative estimate of drug-likeness (QED) is 0.478. The fraction of sp³-hybridized carbons (Fsp3) is 0.167. The van der Waals surface area contributed by atoms with Gasteiger partial charge in [-0.25, -0.2) is 4.98 Å². The van der Waals surface area contributed by atoms with Crippen molar-refractivity contribution in [1.82, 2.24) is 19.5 Å². The van der Waals surface area contributed by atoms with Crippen molar-refractivity contribution in [3.8, 4) is 17.8 Å². The summed E-state index contributed by atoms with van der Waals surface area (Å²) in [6, 6.07) is 18.0. The molecule has 3 heterocycles. The SMILES string of the molecule is N#Cc1c(N)nc(N)nc1N1CCC[C@H]1c1nc2c(C#N)cccc2c(=O)n1-c1ccccc1. The van der Waals surface area contributed by atoms with Gasteiger partial charge in [0.15, 0.2) is 5.82 Å². The predicted octanol–water partition coefficient (Wildman–Crippen LogP) is 2.42. The van der Waals surface area contributed by atoms with Crippen LogP contribution in [0.2, 0.25) is 0 Å². The van der Waals surface area contributed by atoms with Crippen molar-refractivity contribution < 1.29 is 0 Å². The van der Waals surface area contributed by atoms with Gasteiger partial charge >= 0.3 is 0 Å². The van der Waals surface area contributed by atoms with Gasteiger partial charge in [0.2, 0.25) is 5.95 Å². The number of nitrogens with two attached hydrogens (primary N) is 2. The lowest BCUT2D eigenvalue weighted by Crippen LogP contribution is -2.32. The van der Waals surface area contributed by atoms with Crippen LogP contribution in [0.4, 0.5) is 17.6 Å². The minimum Gasteiger partial charge on any atom is -0.382 e. The lowest BCUT2D eigenvalue weighted by atomic mass is 10.1. The Morgan fingerprint density at radius 3 is 2.50 bits per heavy atom. The van der Waals surface area contributed by atoms with Crippen LogP contribution >= 0.6 is 0 Å². The van der Waals surface area contributed by atoms with Crippen molar-refractivity contribution in [3.63, 3.8) is 0 Å². The molecule has 1 aliphatic heterocycles. The molecule has 34 heavy (non-hydrogen) atoms. The van der Waals surface area contributed by atoms with E-state index in [4.69, 9.17) is 16.5 Å². The number of nitriles is 2. The highest BCUT2D eigenvalue weighted by Gasteiger charge is 2.34. The number of nitrogen functional groups attached to an aromatic ring is 2. The fourth-order valence-electron chi connectivity index (χ4n) is 4.45. The van der Waals surface area contributed by atoms with Crippen LogP contribution in [0.1, 0.15) is 35.8 Å². The van der Waals surface area contributed by atoms with E-state index in [1.807, 2.05) is 35.2 Å². The molecule has 1 atom stereocenters. The first-order valence-electron chi connectivity index (χ1n) is 10.6. The highest BCUT2D eigenvalue weighted by atomic mass is 16.1. The third-order valence-electron chi connectivity index (χ3n) is 5.93. The number of hydrogen-bond acceptors (Lipinski definition) is 9. The number of nitrogens with zero attached hydrogens (tertiary/aromatic N) is 7. The standard InChI is InChI=1S/C24H19N9O/c25-12-14-6-4-9-16-19(14)29-22(33(23(16)34)15-7-2-1-3-8-15)18-10-5-11-32(18)21-17(13-26)20(27)30-24(28)31-21/h1-4,6-9,18H,5,10-11H2,(H4,27,28,30,31)/t18-/m0/s1. The summed E-state index contributed by atoms with van der Waals surface area (Å²) in [4.78, 5) is 28.7. The van der Waals surface area contributed by atoms with E-state index in [2.05, 4.69) is 22.1 Å². The highest BCUT2D eigenvalue weighted by Crippen LogP contribution is 2.38. The van der Waals surface area contributed by atoms with E-state index >= 15 is 0 Å². The number of benzene rings is 2. The molecule has 166 valence electrons. The number of hydrogen-bond donors (Lipinski definition) is 2. The molecule has 0 aliphatic carbocycles. The first-order chi connectivity index (χ1) is 16.5. The number of rotatable bonds is 3. The second kappa shape index (κ2) is 8.19. The van der Waals surface area contributed by atoms with Crippen LogP contribution in [0.15, 0.2) is 53.3 Å². The van der Waals surface area contributed by atoms with Gasteiger partial charge in [0, 0.05) is 6.54 Å². The second-order valence-corrected chi connectivity index (χ2v) is 7.89. The molecule has 1 aliphatic rings. The van der Waals surface area contributed by atoms with Gasteiger partial charge in [0.05, 0.1) is 28.2 Å². The summed E-state index contributed by atoms with van der Waals surface area (Å²) in [7, 11) is 0. The lowest BCUT2D eigenvalue weighted by Gasteiger charge is -2.28. The Hall–Kier alpha value is -4.96. The minimum atomic E-state index is -0.412. The van der Waals surface area contributed by atoms with E-state index in [-0.39, 0.29) is 22.9 Å². The molecule has 0 bridgehead atoms. The molecule has 5 rings (SSSR count). The summed E-state index contributed by atoms with van der Waals surface area (Å²) in [5.41, 5.74) is 12.9. The van der Waals surface area contributed by atoms with Gasteiger partial charge in [0.1, 0.15) is 29.3 Å². The number of aromatic nitrogens is 4. The Labute approximate surface area is 194 Å². The molecule has 1 saturated heterocycles. The fourth-order valence-corrected chi connectivity index (χ4v) is 4.45. The average Bonchev–Trinajstić information content (AvgIpc) is 3.33. The van der Waals surface area contributed by atoms with E-state index in [1.54, 1.807) is 22.8 Å². The smallest absolute Gasteiger partial charge is 0.266 e. The molecule has 10 nitrogen and oxygen atoms in total. The van der Waals surface area contributed by atoms with E-state index in [0.29, 0.717) is 46.8 Å². The van der Waals surface area contributed by atoms with Crippen molar-refractivity contribution in [1.29, 1.82) is 10.5 Å². The van der Waals surface area contributed by atoms with Gasteiger partial charge in [-0.2, -0.15) is 20.5 Å². The molecule has 0 unspecified atom stereocenters. The Morgan fingerprint density at radius 1 is 0.971 bits per heavy atom. The lowest BCUT2D eigenvalue weighted by molar-refractivity contribution is 0.633. The predicted molar refractivity (Wildman–Crippen MR) is 127 cm³/mol. The van der Waals surface area contributed by atoms with E-state index in [1.165, 1.54) is 0 Å². The number of fused-ring (bicyclic) bond motifs is 1. The van der Waals surface area contributed by atoms with E-state index in [0.717, 1.165) is 6.42 Å². The van der Waals surface area contributed by atoms with Gasteiger partial charge < -0.3 is 16.4 Å². The van der Waals surface area contributed by atoms with Gasteiger partial charge in [0.25, 0.3) is 5.56 Å². The Bertz CT molecular complexity index is 1560. The molecular weight excluding hydrogens is 430 g/mol. The third kappa shape index (κ3) is 3.26. The topological polar surface area (TPSA) is 164 Å². The van der Waals surface area contributed by atoms with Crippen molar-refractivity contribution in [2.75, 3.05) is 22.9 Å². The first kappa shape index (κ1) is 20.9. The number of para-hydroxylation sites is 2. The zero-order valence-corrected chi connectivity index (χ0v) is 18.0. The maximum absolute atomic E-state index is 13.7. The highest BCUT2D eigenvalue weighted by molar-refractivity contribution is 5.83. The largest absolute Gasteiger partial charge is 0.382 e. The number of anilines is 3. The molecule has 10 heteroatoms. The van der Waals surface area contributed by atoms with Gasteiger partial charge in [-0.05, 0) is 37.1 Å². The van der Waals surface area contributed by atoms with E-state index in [9.17, 15) is 15.3 Å². The Morgan fingerprint density at radius 2 is 1.76 bits per heavy atom. The van der Waals surface area contributed by atoms with Crippen molar-refractivity contribution in [2.24, 2.45) is 0 Å². The normalized spacial score (nSPS) is 15.2. The van der Waals surface area contributed by atoms with Crippen molar-refractivity contribution in [2.45, 2.75) is 18.9 Å². The van der Waals surface area contributed by atoms with Crippen LogP contribution < -0.4 is 21.9 Å². The van der Waals surface area contributed by atoms with Crippen LogP contribution in [-0.2, 0) is 0 Å². The van der Waals surface area contributed by atoms with Crippen LogP contribution in [0.5, 0.6) is 0 Å².